The maximum atomic E-state index is 12.4. The summed E-state index contributed by atoms with van der Waals surface area (Å²) in [5, 5.41) is 12.1. The molecular weight excluding hydrogens is 274 g/mol. The van der Waals surface area contributed by atoms with Crippen molar-refractivity contribution < 1.29 is 14.7 Å². The standard InChI is InChI=1S/C15H21NO3S/c1-14(2,13(18)19)15(3,4)16-12(17)10-8-6-7-9-11(10)20-5/h6-9H,1-5H3,(H,16,17)(H,18,19). The quantitative estimate of drug-likeness (QED) is 0.819. The molecule has 0 aromatic heterocycles. The van der Waals surface area contributed by atoms with Gasteiger partial charge in [-0.15, -0.1) is 11.8 Å². The van der Waals surface area contributed by atoms with E-state index in [0.717, 1.165) is 4.90 Å². The number of benzene rings is 1. The maximum absolute atomic E-state index is 12.4. The molecule has 1 aromatic rings. The van der Waals surface area contributed by atoms with Crippen molar-refractivity contribution in [2.45, 2.75) is 38.1 Å². The molecule has 5 heteroatoms. The highest BCUT2D eigenvalue weighted by atomic mass is 32.2. The first-order chi connectivity index (χ1) is 9.13. The molecule has 4 nitrogen and oxygen atoms in total. The molecule has 0 radical (unpaired) electrons. The van der Waals surface area contributed by atoms with Gasteiger partial charge in [0.2, 0.25) is 0 Å². The van der Waals surface area contributed by atoms with E-state index in [1.807, 2.05) is 18.4 Å². The Hall–Kier alpha value is -1.49. The predicted octanol–water partition coefficient (Wildman–Crippen LogP) is 3.03. The van der Waals surface area contributed by atoms with Crippen LogP contribution < -0.4 is 5.32 Å². The number of hydrogen-bond donors (Lipinski definition) is 2. The van der Waals surface area contributed by atoms with Crippen LogP contribution in [0, 0.1) is 5.41 Å². The number of amides is 1. The van der Waals surface area contributed by atoms with Gasteiger partial charge in [0, 0.05) is 4.90 Å². The second-order valence-corrected chi connectivity index (χ2v) is 6.56. The van der Waals surface area contributed by atoms with Crippen LogP contribution in [0.5, 0.6) is 0 Å². The molecule has 0 heterocycles. The lowest BCUT2D eigenvalue weighted by Gasteiger charge is -2.38. The molecule has 0 saturated heterocycles. The van der Waals surface area contributed by atoms with Gasteiger partial charge in [-0.05, 0) is 46.1 Å². The van der Waals surface area contributed by atoms with E-state index in [1.54, 1.807) is 39.8 Å². The van der Waals surface area contributed by atoms with Gasteiger partial charge in [0.1, 0.15) is 0 Å². The lowest BCUT2D eigenvalue weighted by Crippen LogP contribution is -2.57. The summed E-state index contributed by atoms with van der Waals surface area (Å²) in [5.74, 6) is -1.20. The maximum Gasteiger partial charge on any atom is 0.311 e. The van der Waals surface area contributed by atoms with Crippen molar-refractivity contribution in [2.24, 2.45) is 5.41 Å². The fourth-order valence-corrected chi connectivity index (χ4v) is 2.20. The molecule has 1 rings (SSSR count). The molecule has 0 saturated carbocycles. The van der Waals surface area contributed by atoms with Crippen LogP contribution >= 0.6 is 11.8 Å². The first-order valence-corrected chi connectivity index (χ1v) is 7.55. The Morgan fingerprint density at radius 1 is 1.15 bits per heavy atom. The second kappa shape index (κ2) is 5.87. The van der Waals surface area contributed by atoms with E-state index in [2.05, 4.69) is 5.32 Å². The molecule has 0 aliphatic heterocycles. The van der Waals surface area contributed by atoms with Gasteiger partial charge in [-0.25, -0.2) is 0 Å². The van der Waals surface area contributed by atoms with Crippen LogP contribution in [-0.2, 0) is 4.79 Å². The number of nitrogens with one attached hydrogen (secondary N) is 1. The highest BCUT2D eigenvalue weighted by Crippen LogP contribution is 2.31. The van der Waals surface area contributed by atoms with Crippen molar-refractivity contribution in [2.75, 3.05) is 6.26 Å². The monoisotopic (exact) mass is 295 g/mol. The van der Waals surface area contributed by atoms with E-state index in [-0.39, 0.29) is 5.91 Å². The molecule has 0 aliphatic rings. The topological polar surface area (TPSA) is 66.4 Å². The number of carbonyl (C=O) groups is 2. The molecule has 1 amide bonds. The summed E-state index contributed by atoms with van der Waals surface area (Å²) in [4.78, 5) is 24.6. The zero-order chi connectivity index (χ0) is 15.6. The van der Waals surface area contributed by atoms with Gasteiger partial charge in [0.25, 0.3) is 5.91 Å². The number of carboxylic acid groups (broad SMARTS) is 1. The molecule has 20 heavy (non-hydrogen) atoms. The van der Waals surface area contributed by atoms with Crippen LogP contribution in [0.3, 0.4) is 0 Å². The van der Waals surface area contributed by atoms with Crippen molar-refractivity contribution >= 4 is 23.6 Å². The van der Waals surface area contributed by atoms with Crippen LogP contribution in [0.15, 0.2) is 29.2 Å². The number of carboxylic acids is 1. The molecule has 2 N–H and O–H groups in total. The van der Waals surface area contributed by atoms with E-state index < -0.39 is 16.9 Å². The minimum atomic E-state index is -1.07. The van der Waals surface area contributed by atoms with Crippen molar-refractivity contribution in [3.8, 4) is 0 Å². The van der Waals surface area contributed by atoms with Crippen LogP contribution in [0.2, 0.25) is 0 Å². The van der Waals surface area contributed by atoms with Gasteiger partial charge in [-0.2, -0.15) is 0 Å². The number of thioether (sulfide) groups is 1. The van der Waals surface area contributed by atoms with Crippen molar-refractivity contribution in [1.29, 1.82) is 0 Å². The molecule has 110 valence electrons. The van der Waals surface area contributed by atoms with E-state index in [9.17, 15) is 14.7 Å². The van der Waals surface area contributed by atoms with Crippen molar-refractivity contribution in [1.82, 2.24) is 5.32 Å². The Kier molecular flexibility index (Phi) is 4.86. The summed E-state index contributed by atoms with van der Waals surface area (Å²) in [6, 6.07) is 7.28. The molecule has 0 aliphatic carbocycles. The predicted molar refractivity (Wildman–Crippen MR) is 81.2 cm³/mol. The van der Waals surface area contributed by atoms with Gasteiger partial charge in [-0.3, -0.25) is 9.59 Å². The zero-order valence-electron chi connectivity index (χ0n) is 12.5. The smallest absolute Gasteiger partial charge is 0.311 e. The van der Waals surface area contributed by atoms with Gasteiger partial charge >= 0.3 is 5.97 Å². The molecule has 0 atom stereocenters. The summed E-state index contributed by atoms with van der Waals surface area (Å²) >= 11 is 1.49. The third-order valence-electron chi connectivity index (χ3n) is 3.87. The average molecular weight is 295 g/mol. The third kappa shape index (κ3) is 3.15. The lowest BCUT2D eigenvalue weighted by atomic mass is 9.74. The number of rotatable bonds is 5. The van der Waals surface area contributed by atoms with Crippen LogP contribution in [0.25, 0.3) is 0 Å². The van der Waals surface area contributed by atoms with E-state index >= 15 is 0 Å². The second-order valence-electron chi connectivity index (χ2n) is 5.71. The Morgan fingerprint density at radius 3 is 2.20 bits per heavy atom. The SMILES string of the molecule is CSc1ccccc1C(=O)NC(C)(C)C(C)(C)C(=O)O. The molecule has 0 bridgehead atoms. The minimum Gasteiger partial charge on any atom is -0.481 e. The van der Waals surface area contributed by atoms with Crippen LogP contribution in [0.1, 0.15) is 38.1 Å². The van der Waals surface area contributed by atoms with E-state index in [0.29, 0.717) is 5.56 Å². The average Bonchev–Trinajstić information content (AvgIpc) is 2.37. The highest BCUT2D eigenvalue weighted by Gasteiger charge is 2.44. The Bertz CT molecular complexity index is 524. The lowest BCUT2D eigenvalue weighted by molar-refractivity contribution is -0.150. The van der Waals surface area contributed by atoms with E-state index in [4.69, 9.17) is 0 Å². The largest absolute Gasteiger partial charge is 0.481 e. The normalized spacial score (nSPS) is 12.1. The van der Waals surface area contributed by atoms with Gasteiger partial charge < -0.3 is 10.4 Å². The number of carbonyl (C=O) groups excluding carboxylic acids is 1. The fourth-order valence-electron chi connectivity index (χ4n) is 1.61. The molecule has 0 unspecified atom stereocenters. The Labute approximate surface area is 124 Å². The van der Waals surface area contributed by atoms with Gasteiger partial charge in [-0.1, -0.05) is 12.1 Å². The first kappa shape index (κ1) is 16.6. The molecular formula is C15H21NO3S. The molecule has 1 aromatic carbocycles. The fraction of sp³-hybridized carbons (Fsp3) is 0.467. The summed E-state index contributed by atoms with van der Waals surface area (Å²) in [6.45, 7) is 6.66. The van der Waals surface area contributed by atoms with Crippen LogP contribution in [0.4, 0.5) is 0 Å². The Morgan fingerprint density at radius 2 is 1.70 bits per heavy atom. The van der Waals surface area contributed by atoms with Gasteiger partial charge in [0.15, 0.2) is 0 Å². The number of hydrogen-bond acceptors (Lipinski definition) is 3. The summed E-state index contributed by atoms with van der Waals surface area (Å²) in [5.41, 5.74) is -1.38. The van der Waals surface area contributed by atoms with Crippen molar-refractivity contribution in [3.05, 3.63) is 29.8 Å². The van der Waals surface area contributed by atoms with Crippen molar-refractivity contribution in [3.63, 3.8) is 0 Å². The minimum absolute atomic E-state index is 0.255. The van der Waals surface area contributed by atoms with Crippen LogP contribution in [-0.4, -0.2) is 28.8 Å². The zero-order valence-corrected chi connectivity index (χ0v) is 13.3. The molecule has 0 spiro atoms. The third-order valence-corrected chi connectivity index (χ3v) is 4.67. The first-order valence-electron chi connectivity index (χ1n) is 6.32. The summed E-state index contributed by atoms with van der Waals surface area (Å²) < 4.78 is 0. The number of aliphatic carboxylic acids is 1. The highest BCUT2D eigenvalue weighted by molar-refractivity contribution is 7.98. The molecule has 0 fully saturated rings. The summed E-state index contributed by atoms with van der Waals surface area (Å²) in [6.07, 6.45) is 1.90. The Balaban J connectivity index is 3.04. The van der Waals surface area contributed by atoms with E-state index in [1.165, 1.54) is 11.8 Å². The summed E-state index contributed by atoms with van der Waals surface area (Å²) in [7, 11) is 0. The van der Waals surface area contributed by atoms with Gasteiger partial charge in [0.05, 0.1) is 16.5 Å².